The second-order valence-corrected chi connectivity index (χ2v) is 7.66. The average Bonchev–Trinajstić information content (AvgIpc) is 3.33. The Morgan fingerprint density at radius 2 is 1.85 bits per heavy atom. The van der Waals surface area contributed by atoms with Crippen LogP contribution in [0.25, 0.3) is 5.52 Å². The Morgan fingerprint density at radius 1 is 1.07 bits per heavy atom. The molecule has 2 aliphatic rings. The second-order valence-electron chi connectivity index (χ2n) is 7.66. The van der Waals surface area contributed by atoms with E-state index >= 15 is 0 Å². The molecule has 0 N–H and O–H groups in total. The van der Waals surface area contributed by atoms with Crippen molar-refractivity contribution >= 4 is 5.52 Å². The smallest absolute Gasteiger partial charge is 0.279 e. The van der Waals surface area contributed by atoms with Gasteiger partial charge in [-0.3, -0.25) is 14.3 Å². The van der Waals surface area contributed by atoms with E-state index in [1.807, 2.05) is 19.3 Å². The van der Waals surface area contributed by atoms with E-state index in [4.69, 9.17) is 5.10 Å². The Balaban J connectivity index is 1.47. The maximum atomic E-state index is 12.9. The summed E-state index contributed by atoms with van der Waals surface area (Å²) in [6.07, 6.45) is 10.1. The number of hydrogen-bond acceptors (Lipinski definition) is 6. The molecule has 0 amide bonds. The van der Waals surface area contributed by atoms with Crippen molar-refractivity contribution in [1.82, 2.24) is 34.0 Å². The summed E-state index contributed by atoms with van der Waals surface area (Å²) in [5.41, 5.74) is 1.66. The molecule has 3 aromatic rings. The monoisotopic (exact) mass is 365 g/mol. The predicted molar refractivity (Wildman–Crippen MR) is 99.3 cm³/mol. The highest BCUT2D eigenvalue weighted by Crippen LogP contribution is 2.33. The van der Waals surface area contributed by atoms with Gasteiger partial charge >= 0.3 is 0 Å². The van der Waals surface area contributed by atoms with Crippen LogP contribution in [-0.4, -0.2) is 40.6 Å². The van der Waals surface area contributed by atoms with Gasteiger partial charge in [-0.05, 0) is 25.3 Å². The number of hydrogen-bond donors (Lipinski definition) is 0. The summed E-state index contributed by atoms with van der Waals surface area (Å²) >= 11 is 0. The van der Waals surface area contributed by atoms with Crippen LogP contribution in [-0.2, 0) is 19.6 Å². The lowest BCUT2D eigenvalue weighted by atomic mass is 10.1. The van der Waals surface area contributed by atoms with E-state index in [9.17, 15) is 4.79 Å². The molecule has 4 heterocycles. The summed E-state index contributed by atoms with van der Waals surface area (Å²) in [6, 6.07) is 0. The molecule has 3 aromatic heterocycles. The van der Waals surface area contributed by atoms with Crippen LogP contribution in [0.1, 0.15) is 54.6 Å². The van der Waals surface area contributed by atoms with Crippen molar-refractivity contribution in [3.63, 3.8) is 0 Å². The molecule has 27 heavy (non-hydrogen) atoms. The minimum Gasteiger partial charge on any atom is -0.291 e. The van der Waals surface area contributed by atoms with Gasteiger partial charge in [0.15, 0.2) is 5.52 Å². The van der Waals surface area contributed by atoms with Crippen LogP contribution < -0.4 is 5.56 Å². The number of aromatic nitrogens is 6. The first kappa shape index (κ1) is 16.6. The van der Waals surface area contributed by atoms with Gasteiger partial charge in [-0.1, -0.05) is 12.8 Å². The van der Waals surface area contributed by atoms with Gasteiger partial charge in [-0.2, -0.15) is 5.10 Å². The highest BCUT2D eigenvalue weighted by atomic mass is 16.1. The molecule has 5 rings (SSSR count). The molecule has 140 valence electrons. The SMILES string of the molecule is Cc1cnc(CN2CCn3c(nn4c(C5CCCC5)ncc4c3=O)C2)nc1. The van der Waals surface area contributed by atoms with Gasteiger partial charge in [-0.25, -0.2) is 19.5 Å². The number of imidazole rings is 1. The van der Waals surface area contributed by atoms with Gasteiger partial charge in [0.25, 0.3) is 5.56 Å². The molecule has 1 aliphatic carbocycles. The maximum Gasteiger partial charge on any atom is 0.279 e. The second kappa shape index (κ2) is 6.53. The van der Waals surface area contributed by atoms with Gasteiger partial charge in [-0.15, -0.1) is 0 Å². The lowest BCUT2D eigenvalue weighted by Crippen LogP contribution is -2.41. The van der Waals surface area contributed by atoms with E-state index in [0.29, 0.717) is 31.1 Å². The molecule has 8 nitrogen and oxygen atoms in total. The summed E-state index contributed by atoms with van der Waals surface area (Å²) in [5, 5.41) is 4.82. The highest BCUT2D eigenvalue weighted by molar-refractivity contribution is 5.43. The van der Waals surface area contributed by atoms with Crippen LogP contribution in [0.5, 0.6) is 0 Å². The van der Waals surface area contributed by atoms with Gasteiger partial charge in [0.2, 0.25) is 0 Å². The number of aryl methyl sites for hydroxylation is 1. The number of nitrogens with zero attached hydrogens (tertiary/aromatic N) is 7. The van der Waals surface area contributed by atoms with Crippen LogP contribution in [0.15, 0.2) is 23.4 Å². The third-order valence-electron chi connectivity index (χ3n) is 5.68. The van der Waals surface area contributed by atoms with Crippen molar-refractivity contribution in [2.45, 2.75) is 58.2 Å². The van der Waals surface area contributed by atoms with Crippen LogP contribution in [0, 0.1) is 6.92 Å². The van der Waals surface area contributed by atoms with Gasteiger partial charge < -0.3 is 0 Å². The first-order valence-corrected chi connectivity index (χ1v) is 9.66. The molecule has 0 bridgehead atoms. The van der Waals surface area contributed by atoms with Crippen LogP contribution in [0.3, 0.4) is 0 Å². The Labute approximate surface area is 156 Å². The summed E-state index contributed by atoms with van der Waals surface area (Å²) < 4.78 is 3.60. The third-order valence-corrected chi connectivity index (χ3v) is 5.68. The Bertz CT molecular complexity index is 1030. The summed E-state index contributed by atoms with van der Waals surface area (Å²) in [4.78, 5) is 28.5. The van der Waals surface area contributed by atoms with Gasteiger partial charge in [0.1, 0.15) is 17.5 Å². The number of fused-ring (bicyclic) bond motifs is 2. The van der Waals surface area contributed by atoms with Gasteiger partial charge in [0.05, 0.1) is 19.3 Å². The average molecular weight is 365 g/mol. The van der Waals surface area contributed by atoms with Crippen LogP contribution >= 0.6 is 0 Å². The van der Waals surface area contributed by atoms with Crippen LogP contribution in [0.2, 0.25) is 0 Å². The van der Waals surface area contributed by atoms with Crippen molar-refractivity contribution in [1.29, 1.82) is 0 Å². The van der Waals surface area contributed by atoms with E-state index < -0.39 is 0 Å². The molecule has 0 atom stereocenters. The molecule has 1 fully saturated rings. The molecule has 0 aromatic carbocycles. The quantitative estimate of drug-likeness (QED) is 0.702. The molecular formula is C19H23N7O. The molecule has 0 unspecified atom stereocenters. The lowest BCUT2D eigenvalue weighted by Gasteiger charge is -2.28. The minimum atomic E-state index is 0.0167. The Morgan fingerprint density at radius 3 is 2.63 bits per heavy atom. The lowest BCUT2D eigenvalue weighted by molar-refractivity contribution is 0.197. The van der Waals surface area contributed by atoms with Crippen molar-refractivity contribution < 1.29 is 0 Å². The predicted octanol–water partition coefficient (Wildman–Crippen LogP) is 1.66. The third kappa shape index (κ3) is 2.93. The molecule has 0 radical (unpaired) electrons. The highest BCUT2D eigenvalue weighted by Gasteiger charge is 2.26. The molecule has 0 saturated heterocycles. The maximum absolute atomic E-state index is 12.9. The topological polar surface area (TPSA) is 81.2 Å². The Hall–Kier alpha value is -2.61. The largest absolute Gasteiger partial charge is 0.291 e. The molecule has 8 heteroatoms. The van der Waals surface area contributed by atoms with Gasteiger partial charge in [0, 0.05) is 31.4 Å². The zero-order valence-corrected chi connectivity index (χ0v) is 15.5. The van der Waals surface area contributed by atoms with E-state index in [2.05, 4.69) is 19.9 Å². The molecule has 0 spiro atoms. The Kier molecular flexibility index (Phi) is 4.00. The van der Waals surface area contributed by atoms with E-state index in [1.54, 1.807) is 15.3 Å². The van der Waals surface area contributed by atoms with Crippen molar-refractivity contribution in [2.75, 3.05) is 6.54 Å². The van der Waals surface area contributed by atoms with Crippen molar-refractivity contribution in [3.05, 3.63) is 52.0 Å². The molecular weight excluding hydrogens is 342 g/mol. The van der Waals surface area contributed by atoms with E-state index in [0.717, 1.165) is 42.4 Å². The van der Waals surface area contributed by atoms with Crippen LogP contribution in [0.4, 0.5) is 0 Å². The standard InChI is InChI=1S/C19H23N7O/c1-13-8-20-16(21-9-13)11-24-6-7-25-17(12-24)23-26-15(19(25)27)10-22-18(26)14-4-2-3-5-14/h8-10,14H,2-7,11-12H2,1H3. The summed E-state index contributed by atoms with van der Waals surface area (Å²) in [7, 11) is 0. The van der Waals surface area contributed by atoms with E-state index in [1.165, 1.54) is 12.8 Å². The fourth-order valence-corrected chi connectivity index (χ4v) is 4.20. The number of rotatable bonds is 3. The molecule has 1 saturated carbocycles. The zero-order valence-electron chi connectivity index (χ0n) is 15.5. The summed E-state index contributed by atoms with van der Waals surface area (Å²) in [6.45, 7) is 4.67. The fraction of sp³-hybridized carbons (Fsp3) is 0.526. The van der Waals surface area contributed by atoms with E-state index in [-0.39, 0.29) is 5.56 Å². The fourth-order valence-electron chi connectivity index (χ4n) is 4.20. The summed E-state index contributed by atoms with van der Waals surface area (Å²) in [5.74, 6) is 2.96. The molecule has 1 aliphatic heterocycles. The van der Waals surface area contributed by atoms with Crippen molar-refractivity contribution in [2.24, 2.45) is 0 Å². The normalized spacial score (nSPS) is 18.3. The van der Waals surface area contributed by atoms with Crippen molar-refractivity contribution in [3.8, 4) is 0 Å². The first-order valence-electron chi connectivity index (χ1n) is 9.66. The first-order chi connectivity index (χ1) is 13.2. The minimum absolute atomic E-state index is 0.0167. The zero-order chi connectivity index (χ0) is 18.4.